The van der Waals surface area contributed by atoms with Gasteiger partial charge >= 0.3 is 0 Å². The Bertz CT molecular complexity index is 1200. The molecule has 1 atom stereocenters. The number of thiophene rings is 1. The standard InChI is InChI=1S/C23H19N3O2S2/c1-14(27)16-8-10-18(11-9-16)26-21(28)15(2)30-23-20-19(17-6-4-3-5-7-17)12-29-22(20)24-13-25-23/h3-13,15H,1-2H3,(H,26,28). The third kappa shape index (κ3) is 4.27. The van der Waals surface area contributed by atoms with Gasteiger partial charge in [0.05, 0.1) is 10.6 Å². The highest BCUT2D eigenvalue weighted by atomic mass is 32.2. The Labute approximate surface area is 182 Å². The molecule has 0 saturated heterocycles. The van der Waals surface area contributed by atoms with Crippen LogP contribution in [-0.4, -0.2) is 26.9 Å². The van der Waals surface area contributed by atoms with Gasteiger partial charge in [0.1, 0.15) is 16.2 Å². The van der Waals surface area contributed by atoms with Gasteiger partial charge in [0.2, 0.25) is 5.91 Å². The van der Waals surface area contributed by atoms with E-state index in [1.807, 2.05) is 25.1 Å². The second kappa shape index (κ2) is 8.77. The Morgan fingerprint density at radius 2 is 1.77 bits per heavy atom. The number of carbonyl (C=O) groups excluding carboxylic acids is 2. The number of ketones is 1. The summed E-state index contributed by atoms with van der Waals surface area (Å²) in [4.78, 5) is 33.9. The lowest BCUT2D eigenvalue weighted by molar-refractivity contribution is -0.115. The summed E-state index contributed by atoms with van der Waals surface area (Å²) in [7, 11) is 0. The molecule has 7 heteroatoms. The lowest BCUT2D eigenvalue weighted by Crippen LogP contribution is -2.22. The largest absolute Gasteiger partial charge is 0.325 e. The van der Waals surface area contributed by atoms with Gasteiger partial charge in [-0.1, -0.05) is 42.1 Å². The highest BCUT2D eigenvalue weighted by molar-refractivity contribution is 8.00. The van der Waals surface area contributed by atoms with Crippen molar-refractivity contribution in [3.05, 3.63) is 71.9 Å². The Morgan fingerprint density at radius 1 is 1.03 bits per heavy atom. The van der Waals surface area contributed by atoms with E-state index in [2.05, 4.69) is 32.8 Å². The average Bonchev–Trinajstić information content (AvgIpc) is 3.20. The van der Waals surface area contributed by atoms with E-state index in [9.17, 15) is 9.59 Å². The molecule has 1 unspecified atom stereocenters. The zero-order valence-electron chi connectivity index (χ0n) is 16.5. The van der Waals surface area contributed by atoms with Gasteiger partial charge in [-0.2, -0.15) is 0 Å². The van der Waals surface area contributed by atoms with Crippen LogP contribution >= 0.6 is 23.1 Å². The highest BCUT2D eigenvalue weighted by Gasteiger charge is 2.20. The van der Waals surface area contributed by atoms with E-state index in [0.717, 1.165) is 26.4 Å². The summed E-state index contributed by atoms with van der Waals surface area (Å²) in [5.74, 6) is -0.131. The topological polar surface area (TPSA) is 72.0 Å². The number of anilines is 1. The summed E-state index contributed by atoms with van der Waals surface area (Å²) < 4.78 is 0. The van der Waals surface area contributed by atoms with Crippen molar-refractivity contribution in [1.82, 2.24) is 9.97 Å². The van der Waals surface area contributed by atoms with Gasteiger partial charge in [-0.15, -0.1) is 11.3 Å². The van der Waals surface area contributed by atoms with Crippen molar-refractivity contribution >= 4 is 50.7 Å². The fourth-order valence-corrected chi connectivity index (χ4v) is 4.93. The van der Waals surface area contributed by atoms with Gasteiger partial charge in [-0.3, -0.25) is 9.59 Å². The number of rotatable bonds is 6. The van der Waals surface area contributed by atoms with Crippen LogP contribution < -0.4 is 5.32 Å². The molecule has 1 N–H and O–H groups in total. The molecular formula is C23H19N3O2S2. The molecule has 0 aliphatic rings. The smallest absolute Gasteiger partial charge is 0.237 e. The molecule has 4 rings (SSSR count). The van der Waals surface area contributed by atoms with Crippen molar-refractivity contribution in [1.29, 1.82) is 0 Å². The number of thioether (sulfide) groups is 1. The maximum Gasteiger partial charge on any atom is 0.237 e. The van der Waals surface area contributed by atoms with E-state index in [-0.39, 0.29) is 16.9 Å². The molecule has 0 fully saturated rings. The van der Waals surface area contributed by atoms with Crippen LogP contribution in [0, 0.1) is 0 Å². The molecule has 1 amide bonds. The lowest BCUT2D eigenvalue weighted by Gasteiger charge is -2.13. The monoisotopic (exact) mass is 433 g/mol. The number of fused-ring (bicyclic) bond motifs is 1. The van der Waals surface area contributed by atoms with Crippen LogP contribution in [0.1, 0.15) is 24.2 Å². The van der Waals surface area contributed by atoms with Gasteiger partial charge in [0, 0.05) is 22.2 Å². The van der Waals surface area contributed by atoms with Gasteiger partial charge < -0.3 is 5.32 Å². The van der Waals surface area contributed by atoms with E-state index in [1.54, 1.807) is 41.9 Å². The van der Waals surface area contributed by atoms with Crippen molar-refractivity contribution < 1.29 is 9.59 Å². The lowest BCUT2D eigenvalue weighted by atomic mass is 10.1. The second-order valence-corrected chi connectivity index (χ2v) is 8.94. The number of nitrogens with zero attached hydrogens (tertiary/aromatic N) is 2. The number of carbonyl (C=O) groups is 2. The molecule has 0 spiro atoms. The molecule has 0 saturated carbocycles. The fraction of sp³-hybridized carbons (Fsp3) is 0.130. The molecule has 5 nitrogen and oxygen atoms in total. The molecule has 150 valence electrons. The molecule has 2 aromatic carbocycles. The Morgan fingerprint density at radius 3 is 2.47 bits per heavy atom. The summed E-state index contributed by atoms with van der Waals surface area (Å²) >= 11 is 2.98. The predicted octanol–water partition coefficient (Wildman–Crippen LogP) is 5.68. The minimum absolute atomic E-state index is 0.00504. The van der Waals surface area contributed by atoms with E-state index in [4.69, 9.17) is 0 Å². The first kappa shape index (κ1) is 20.3. The van der Waals surface area contributed by atoms with Gasteiger partial charge in [-0.25, -0.2) is 9.97 Å². The first-order valence-electron chi connectivity index (χ1n) is 9.39. The molecule has 0 bridgehead atoms. The van der Waals surface area contributed by atoms with Gasteiger partial charge in [0.15, 0.2) is 5.78 Å². The van der Waals surface area contributed by atoms with Crippen molar-refractivity contribution in [2.75, 3.05) is 5.32 Å². The Kier molecular flexibility index (Phi) is 5.92. The third-order valence-electron chi connectivity index (χ3n) is 4.64. The van der Waals surface area contributed by atoms with Gasteiger partial charge in [-0.05, 0) is 43.7 Å². The van der Waals surface area contributed by atoms with Crippen LogP contribution in [0.15, 0.2) is 71.3 Å². The molecule has 4 aromatic rings. The SMILES string of the molecule is CC(=O)c1ccc(NC(=O)C(C)Sc2ncnc3scc(-c4ccccc4)c23)cc1. The maximum absolute atomic E-state index is 12.7. The highest BCUT2D eigenvalue weighted by Crippen LogP contribution is 2.39. The Balaban J connectivity index is 1.55. The maximum atomic E-state index is 12.7. The van der Waals surface area contributed by atoms with Crippen LogP contribution in [0.2, 0.25) is 0 Å². The average molecular weight is 434 g/mol. The number of hydrogen-bond donors (Lipinski definition) is 1. The Hall–Kier alpha value is -3.03. The van der Waals surface area contributed by atoms with E-state index < -0.39 is 0 Å². The zero-order valence-corrected chi connectivity index (χ0v) is 18.1. The molecule has 2 heterocycles. The summed E-state index contributed by atoms with van der Waals surface area (Å²) in [6.45, 7) is 3.37. The first-order chi connectivity index (χ1) is 14.5. The van der Waals surface area contributed by atoms with Crippen LogP contribution in [0.25, 0.3) is 21.3 Å². The molecule has 0 radical (unpaired) electrons. The minimum atomic E-state index is -0.362. The molecule has 30 heavy (non-hydrogen) atoms. The first-order valence-corrected chi connectivity index (χ1v) is 11.1. The van der Waals surface area contributed by atoms with E-state index in [0.29, 0.717) is 11.3 Å². The summed E-state index contributed by atoms with van der Waals surface area (Å²) in [6.07, 6.45) is 1.54. The molecule has 0 aliphatic heterocycles. The fourth-order valence-electron chi connectivity index (χ4n) is 3.02. The summed E-state index contributed by atoms with van der Waals surface area (Å²) in [6, 6.07) is 17.0. The number of aromatic nitrogens is 2. The second-order valence-electron chi connectivity index (χ2n) is 6.76. The zero-order chi connectivity index (χ0) is 21.1. The minimum Gasteiger partial charge on any atom is -0.325 e. The van der Waals surface area contributed by atoms with Gasteiger partial charge in [0.25, 0.3) is 0 Å². The van der Waals surface area contributed by atoms with E-state index in [1.165, 1.54) is 18.7 Å². The number of amides is 1. The third-order valence-corrected chi connectivity index (χ3v) is 6.62. The van der Waals surface area contributed by atoms with Crippen LogP contribution in [-0.2, 0) is 4.79 Å². The number of hydrogen-bond acceptors (Lipinski definition) is 6. The van der Waals surface area contributed by atoms with Crippen LogP contribution in [0.5, 0.6) is 0 Å². The van der Waals surface area contributed by atoms with Crippen molar-refractivity contribution in [3.63, 3.8) is 0 Å². The quantitative estimate of drug-likeness (QED) is 0.241. The summed E-state index contributed by atoms with van der Waals surface area (Å²) in [5.41, 5.74) is 3.45. The summed E-state index contributed by atoms with van der Waals surface area (Å²) in [5, 5.41) is 6.39. The van der Waals surface area contributed by atoms with Crippen molar-refractivity contribution in [2.45, 2.75) is 24.1 Å². The van der Waals surface area contributed by atoms with E-state index >= 15 is 0 Å². The van der Waals surface area contributed by atoms with Crippen molar-refractivity contribution in [3.8, 4) is 11.1 Å². The van der Waals surface area contributed by atoms with Crippen molar-refractivity contribution in [2.24, 2.45) is 0 Å². The number of Topliss-reactive ketones (excluding diaryl/α,β-unsaturated/α-hetero) is 1. The van der Waals surface area contributed by atoms with Crippen LogP contribution in [0.3, 0.4) is 0 Å². The normalized spacial score (nSPS) is 11.9. The number of benzene rings is 2. The number of nitrogens with one attached hydrogen (secondary N) is 1. The predicted molar refractivity (Wildman–Crippen MR) is 123 cm³/mol. The molecule has 2 aromatic heterocycles. The molecular weight excluding hydrogens is 414 g/mol. The molecule has 0 aliphatic carbocycles. The van der Waals surface area contributed by atoms with Crippen LogP contribution in [0.4, 0.5) is 5.69 Å².